The van der Waals surface area contributed by atoms with Gasteiger partial charge in [0.25, 0.3) is 0 Å². The third kappa shape index (κ3) is 3.96. The smallest absolute Gasteiger partial charge is 0.120 e. The molecule has 0 fully saturated rings. The minimum absolute atomic E-state index is 0.00556. The van der Waals surface area contributed by atoms with Crippen LogP contribution in [-0.4, -0.2) is 11.1 Å². The lowest BCUT2D eigenvalue weighted by Crippen LogP contribution is -2.30. The van der Waals surface area contributed by atoms with Crippen LogP contribution in [0.3, 0.4) is 0 Å². The molecule has 0 saturated carbocycles. The van der Waals surface area contributed by atoms with E-state index in [9.17, 15) is 5.11 Å². The van der Waals surface area contributed by atoms with E-state index in [2.05, 4.69) is 77.2 Å². The Morgan fingerprint density at radius 2 is 1.50 bits per heavy atom. The third-order valence-electron chi connectivity index (χ3n) is 5.52. The molecule has 2 aromatic carbocycles. The summed E-state index contributed by atoms with van der Waals surface area (Å²) in [6.07, 6.45) is 2.14. The van der Waals surface area contributed by atoms with Gasteiger partial charge in [0.15, 0.2) is 0 Å². The molecule has 2 N–H and O–H groups in total. The number of phenolic OH excluding ortho intramolecular Hbond substituents is 1. The van der Waals surface area contributed by atoms with Gasteiger partial charge in [-0.1, -0.05) is 71.9 Å². The highest BCUT2D eigenvalue weighted by Gasteiger charge is 2.26. The second kappa shape index (κ2) is 6.74. The number of aromatic hydroxyl groups is 1. The van der Waals surface area contributed by atoms with Gasteiger partial charge in [-0.25, -0.2) is 0 Å². The molecule has 3 rings (SSSR count). The van der Waals surface area contributed by atoms with Crippen molar-refractivity contribution < 1.29 is 5.11 Å². The fraction of sp³-hybridized carbons (Fsp3) is 0.500. The topological polar surface area (TPSA) is 32.3 Å². The molecule has 0 unspecified atom stereocenters. The van der Waals surface area contributed by atoms with E-state index in [1.54, 1.807) is 0 Å². The van der Waals surface area contributed by atoms with Crippen LogP contribution in [0, 0.1) is 0 Å². The van der Waals surface area contributed by atoms with E-state index < -0.39 is 0 Å². The van der Waals surface area contributed by atoms with Gasteiger partial charge in [-0.15, -0.1) is 0 Å². The summed E-state index contributed by atoms with van der Waals surface area (Å²) in [5, 5.41) is 14.5. The van der Waals surface area contributed by atoms with Crippen LogP contribution in [0.2, 0.25) is 0 Å². The van der Waals surface area contributed by atoms with Gasteiger partial charge in [-0.3, -0.25) is 0 Å². The molecule has 0 aromatic heterocycles. The average molecular weight is 352 g/mol. The van der Waals surface area contributed by atoms with Gasteiger partial charge in [0, 0.05) is 18.2 Å². The minimum Gasteiger partial charge on any atom is -0.508 e. The van der Waals surface area contributed by atoms with Gasteiger partial charge in [0.1, 0.15) is 5.75 Å². The molecule has 0 radical (unpaired) electrons. The van der Waals surface area contributed by atoms with Crippen LogP contribution < -0.4 is 5.32 Å². The van der Waals surface area contributed by atoms with E-state index in [0.717, 1.165) is 18.4 Å². The zero-order valence-electron chi connectivity index (χ0n) is 17.1. The first-order valence-electron chi connectivity index (χ1n) is 9.73. The quantitative estimate of drug-likeness (QED) is 0.792. The summed E-state index contributed by atoms with van der Waals surface area (Å²) in [7, 11) is 0. The highest BCUT2D eigenvalue weighted by molar-refractivity contribution is 5.48. The Balaban J connectivity index is 1.84. The molecule has 0 saturated heterocycles. The van der Waals surface area contributed by atoms with Crippen molar-refractivity contribution in [1.29, 1.82) is 0 Å². The van der Waals surface area contributed by atoms with Crippen molar-refractivity contribution in [3.8, 4) is 5.75 Å². The van der Waals surface area contributed by atoms with Crippen molar-refractivity contribution >= 4 is 0 Å². The van der Waals surface area contributed by atoms with Gasteiger partial charge >= 0.3 is 0 Å². The Morgan fingerprint density at radius 1 is 0.923 bits per heavy atom. The molecule has 140 valence electrons. The minimum atomic E-state index is -0.00556. The van der Waals surface area contributed by atoms with Gasteiger partial charge in [-0.2, -0.15) is 0 Å². The van der Waals surface area contributed by atoms with Crippen LogP contribution in [0.15, 0.2) is 36.4 Å². The summed E-state index contributed by atoms with van der Waals surface area (Å²) in [4.78, 5) is 0. The third-order valence-corrected chi connectivity index (χ3v) is 5.52. The maximum absolute atomic E-state index is 10.8. The standard InChI is InChI=1S/C24H33NO/c1-23(2,3)18-13-21(24(4,5)6)20(22(26)14-18)15-25-19-11-16-9-7-8-10-17(16)12-19/h7-10,13-14,19,25-26H,11-12,15H2,1-6H3. The molecule has 2 heteroatoms. The monoisotopic (exact) mass is 351 g/mol. The zero-order chi connectivity index (χ0) is 19.1. The number of hydrogen-bond acceptors (Lipinski definition) is 2. The van der Waals surface area contributed by atoms with Crippen LogP contribution >= 0.6 is 0 Å². The molecule has 2 nitrogen and oxygen atoms in total. The van der Waals surface area contributed by atoms with E-state index in [1.165, 1.54) is 22.3 Å². The van der Waals surface area contributed by atoms with Crippen LogP contribution in [0.25, 0.3) is 0 Å². The lowest BCUT2D eigenvalue weighted by Gasteiger charge is -2.29. The number of fused-ring (bicyclic) bond motifs is 1. The van der Waals surface area contributed by atoms with Gasteiger partial charge in [-0.05, 0) is 52.0 Å². The Hall–Kier alpha value is -1.80. The van der Waals surface area contributed by atoms with E-state index in [-0.39, 0.29) is 10.8 Å². The van der Waals surface area contributed by atoms with Crippen molar-refractivity contribution in [2.45, 2.75) is 77.8 Å². The van der Waals surface area contributed by atoms with Crippen molar-refractivity contribution in [2.24, 2.45) is 0 Å². The summed E-state index contributed by atoms with van der Waals surface area (Å²) < 4.78 is 0. The maximum atomic E-state index is 10.8. The Labute approximate surface area is 158 Å². The molecule has 0 heterocycles. The van der Waals surface area contributed by atoms with E-state index in [0.29, 0.717) is 18.3 Å². The van der Waals surface area contributed by atoms with Crippen molar-refractivity contribution in [2.75, 3.05) is 0 Å². The van der Waals surface area contributed by atoms with E-state index >= 15 is 0 Å². The molecular formula is C24H33NO. The first kappa shape index (κ1) is 19.0. The number of nitrogens with one attached hydrogen (secondary N) is 1. The molecular weight excluding hydrogens is 318 g/mol. The summed E-state index contributed by atoms with van der Waals surface area (Å²) >= 11 is 0. The Morgan fingerprint density at radius 3 is 2.00 bits per heavy atom. The van der Waals surface area contributed by atoms with E-state index in [4.69, 9.17) is 0 Å². The highest BCUT2D eigenvalue weighted by atomic mass is 16.3. The van der Waals surface area contributed by atoms with Crippen molar-refractivity contribution in [3.63, 3.8) is 0 Å². The summed E-state index contributed by atoms with van der Waals surface area (Å²) in [5.74, 6) is 0.422. The summed E-state index contributed by atoms with van der Waals surface area (Å²) in [6.45, 7) is 14.0. The fourth-order valence-electron chi connectivity index (χ4n) is 3.89. The first-order valence-corrected chi connectivity index (χ1v) is 9.73. The SMILES string of the molecule is CC(C)(C)c1cc(O)c(CNC2Cc3ccccc3C2)c(C(C)(C)C)c1. The number of hydrogen-bond donors (Lipinski definition) is 2. The molecule has 26 heavy (non-hydrogen) atoms. The molecule has 1 aliphatic rings. The van der Waals surface area contributed by atoms with Crippen LogP contribution in [0.4, 0.5) is 0 Å². The first-order chi connectivity index (χ1) is 12.1. The number of phenols is 1. The van der Waals surface area contributed by atoms with Crippen LogP contribution in [-0.2, 0) is 30.2 Å². The molecule has 1 aliphatic carbocycles. The van der Waals surface area contributed by atoms with E-state index in [1.807, 2.05) is 6.07 Å². The normalized spacial score (nSPS) is 15.3. The van der Waals surface area contributed by atoms with Gasteiger partial charge in [0.2, 0.25) is 0 Å². The summed E-state index contributed by atoms with van der Waals surface area (Å²) in [5.41, 5.74) is 6.40. The average Bonchev–Trinajstić information content (AvgIpc) is 2.94. The fourth-order valence-corrected chi connectivity index (χ4v) is 3.89. The summed E-state index contributed by atoms with van der Waals surface area (Å²) in [6, 6.07) is 13.4. The molecule has 0 amide bonds. The largest absolute Gasteiger partial charge is 0.508 e. The van der Waals surface area contributed by atoms with Gasteiger partial charge < -0.3 is 10.4 Å². The van der Waals surface area contributed by atoms with Crippen molar-refractivity contribution in [3.05, 3.63) is 64.2 Å². The van der Waals surface area contributed by atoms with Crippen LogP contribution in [0.1, 0.15) is 69.4 Å². The molecule has 0 aliphatic heterocycles. The predicted molar refractivity (Wildman–Crippen MR) is 110 cm³/mol. The van der Waals surface area contributed by atoms with Crippen LogP contribution in [0.5, 0.6) is 5.75 Å². The van der Waals surface area contributed by atoms with Crippen molar-refractivity contribution in [1.82, 2.24) is 5.32 Å². The number of rotatable bonds is 3. The molecule has 0 atom stereocenters. The highest BCUT2D eigenvalue weighted by Crippen LogP contribution is 2.36. The second-order valence-electron chi connectivity index (χ2n) is 9.78. The Kier molecular flexibility index (Phi) is 4.92. The zero-order valence-corrected chi connectivity index (χ0v) is 17.1. The lowest BCUT2D eigenvalue weighted by molar-refractivity contribution is 0.444. The Bertz CT molecular complexity index is 768. The molecule has 2 aromatic rings. The molecule has 0 spiro atoms. The predicted octanol–water partition coefficient (Wildman–Crippen LogP) is 5.24. The second-order valence-corrected chi connectivity index (χ2v) is 9.78. The van der Waals surface area contributed by atoms with Gasteiger partial charge in [0.05, 0.1) is 0 Å². The molecule has 0 bridgehead atoms. The number of benzene rings is 2. The lowest BCUT2D eigenvalue weighted by atomic mass is 9.78. The maximum Gasteiger partial charge on any atom is 0.120 e.